The normalized spacial score (nSPS) is 11.7. The molecule has 1 rings (SSSR count). The zero-order valence-corrected chi connectivity index (χ0v) is 12.5. The van der Waals surface area contributed by atoms with E-state index in [1.807, 2.05) is 0 Å². The van der Waals surface area contributed by atoms with E-state index < -0.39 is 23.4 Å². The zero-order valence-electron chi connectivity index (χ0n) is 12.5. The van der Waals surface area contributed by atoms with Crippen molar-refractivity contribution in [2.75, 3.05) is 11.9 Å². The number of carbonyl (C=O) groups is 1. The maximum Gasteiger partial charge on any atom is 0.416 e. The summed E-state index contributed by atoms with van der Waals surface area (Å²) in [6, 6.07) is 3.05. The molecular weight excluding hydrogens is 297 g/mol. The number of alkyl halides is 3. The summed E-state index contributed by atoms with van der Waals surface area (Å²) in [4.78, 5) is 14.9. The average molecular weight is 314 g/mol. The highest BCUT2D eigenvalue weighted by Gasteiger charge is 2.31. The first-order valence-electron chi connectivity index (χ1n) is 6.56. The summed E-state index contributed by atoms with van der Waals surface area (Å²) < 4.78 is 43.3. The number of nitrogens with zero attached hydrogens (tertiary/aromatic N) is 1. The predicted molar refractivity (Wildman–Crippen MR) is 76.5 cm³/mol. The summed E-state index contributed by atoms with van der Waals surface area (Å²) in [5.74, 6) is 0. The highest BCUT2D eigenvalue weighted by molar-refractivity contribution is 5.86. The summed E-state index contributed by atoms with van der Waals surface area (Å²) in [7, 11) is 0. The second-order valence-electron chi connectivity index (χ2n) is 5.63. The molecule has 0 atom stereocenters. The van der Waals surface area contributed by atoms with Gasteiger partial charge in [-0.15, -0.1) is 0 Å². The van der Waals surface area contributed by atoms with Crippen molar-refractivity contribution in [3.05, 3.63) is 40.7 Å². The Morgan fingerprint density at radius 1 is 1.32 bits per heavy atom. The molecule has 0 aliphatic carbocycles. The molecule has 4 nitrogen and oxygen atoms in total. The van der Waals surface area contributed by atoms with Crippen LogP contribution >= 0.6 is 0 Å². The van der Waals surface area contributed by atoms with Gasteiger partial charge in [-0.3, -0.25) is 5.32 Å². The van der Waals surface area contributed by atoms with E-state index in [4.69, 9.17) is 11.3 Å². The number of amides is 1. The fraction of sp³-hybridized carbons (Fsp3) is 0.467. The molecule has 0 aromatic heterocycles. The minimum absolute atomic E-state index is 0.00715. The topological polar surface area (TPSA) is 42.7 Å². The molecule has 1 aromatic rings. The van der Waals surface area contributed by atoms with Crippen molar-refractivity contribution in [1.82, 2.24) is 0 Å². The Bertz CT molecular complexity index is 584. The molecule has 0 spiro atoms. The van der Waals surface area contributed by atoms with E-state index >= 15 is 0 Å². The number of halogens is 3. The maximum atomic E-state index is 12.8. The number of ether oxygens (including phenoxy) is 1. The van der Waals surface area contributed by atoms with Crippen LogP contribution in [0.4, 0.5) is 23.7 Å². The Kier molecular flexibility index (Phi) is 5.42. The Morgan fingerprint density at radius 2 is 1.95 bits per heavy atom. The van der Waals surface area contributed by atoms with E-state index in [9.17, 15) is 18.0 Å². The van der Waals surface area contributed by atoms with E-state index in [0.29, 0.717) is 5.56 Å². The zero-order chi connectivity index (χ0) is 17.0. The van der Waals surface area contributed by atoms with Gasteiger partial charge in [-0.05, 0) is 38.5 Å². The lowest BCUT2D eigenvalue weighted by molar-refractivity contribution is -0.137. The molecule has 0 unspecified atom stereocenters. The monoisotopic (exact) mass is 314 g/mol. The van der Waals surface area contributed by atoms with Crippen molar-refractivity contribution >= 4 is 11.8 Å². The highest BCUT2D eigenvalue weighted by Crippen LogP contribution is 2.32. The van der Waals surface area contributed by atoms with Crippen LogP contribution in [0.2, 0.25) is 0 Å². The number of hydrogen-bond acceptors (Lipinski definition) is 2. The van der Waals surface area contributed by atoms with Gasteiger partial charge in [0.15, 0.2) is 0 Å². The number of hydrogen-bond donors (Lipinski definition) is 1. The molecule has 0 bridgehead atoms. The molecule has 120 valence electrons. The molecule has 1 N–H and O–H groups in total. The lowest BCUT2D eigenvalue weighted by atomic mass is 10.1. The number of nitrogens with one attached hydrogen (secondary N) is 1. The third-order valence-corrected chi connectivity index (χ3v) is 2.57. The molecule has 0 saturated heterocycles. The molecule has 0 heterocycles. The van der Waals surface area contributed by atoms with Crippen molar-refractivity contribution < 1.29 is 22.7 Å². The first-order valence-corrected chi connectivity index (χ1v) is 6.56. The summed E-state index contributed by atoms with van der Waals surface area (Å²) in [6.45, 7) is 11.8. The molecule has 0 aliphatic rings. The van der Waals surface area contributed by atoms with Gasteiger partial charge in [0.2, 0.25) is 6.54 Å². The van der Waals surface area contributed by atoms with Gasteiger partial charge in [-0.1, -0.05) is 6.07 Å². The molecule has 0 fully saturated rings. The van der Waals surface area contributed by atoms with Crippen molar-refractivity contribution in [2.24, 2.45) is 0 Å². The third-order valence-electron chi connectivity index (χ3n) is 2.57. The van der Waals surface area contributed by atoms with Crippen LogP contribution in [0.15, 0.2) is 18.2 Å². The van der Waals surface area contributed by atoms with Crippen LogP contribution in [0.1, 0.15) is 31.9 Å². The number of anilines is 1. The van der Waals surface area contributed by atoms with Crippen molar-refractivity contribution in [3.63, 3.8) is 0 Å². The summed E-state index contributed by atoms with van der Waals surface area (Å²) in [5, 5.41) is 2.32. The minimum Gasteiger partial charge on any atom is -0.444 e. The van der Waals surface area contributed by atoms with E-state index in [0.717, 1.165) is 12.1 Å². The van der Waals surface area contributed by atoms with Crippen molar-refractivity contribution in [1.29, 1.82) is 0 Å². The third kappa shape index (κ3) is 5.64. The molecule has 7 heteroatoms. The van der Waals surface area contributed by atoms with Gasteiger partial charge in [0, 0.05) is 12.1 Å². The highest BCUT2D eigenvalue weighted by atomic mass is 19.4. The second kappa shape index (κ2) is 6.69. The Balaban J connectivity index is 3.06. The number of benzene rings is 1. The maximum absolute atomic E-state index is 12.8. The van der Waals surface area contributed by atoms with Gasteiger partial charge in [0.1, 0.15) is 5.60 Å². The quantitative estimate of drug-likeness (QED) is 0.834. The van der Waals surface area contributed by atoms with Crippen LogP contribution in [0.3, 0.4) is 0 Å². The van der Waals surface area contributed by atoms with Crippen LogP contribution in [0.5, 0.6) is 0 Å². The molecule has 0 saturated carbocycles. The lowest BCUT2D eigenvalue weighted by Gasteiger charge is -2.20. The SMILES string of the molecule is [C-]#[N+]CCc1ccc(C(F)(F)F)cc1NC(=O)OC(C)(C)C. The van der Waals surface area contributed by atoms with Gasteiger partial charge in [-0.2, -0.15) is 13.2 Å². The van der Waals surface area contributed by atoms with Gasteiger partial charge < -0.3 is 9.58 Å². The predicted octanol–water partition coefficient (Wildman–Crippen LogP) is 4.51. The fourth-order valence-electron chi connectivity index (χ4n) is 1.68. The molecule has 0 aliphatic heterocycles. The Morgan fingerprint density at radius 3 is 2.45 bits per heavy atom. The molecule has 1 amide bonds. The van der Waals surface area contributed by atoms with Crippen molar-refractivity contribution in [2.45, 2.75) is 39.0 Å². The smallest absolute Gasteiger partial charge is 0.416 e. The van der Waals surface area contributed by atoms with Gasteiger partial charge >= 0.3 is 12.3 Å². The van der Waals surface area contributed by atoms with Crippen LogP contribution < -0.4 is 5.32 Å². The first kappa shape index (κ1) is 17.8. The standard InChI is InChI=1S/C15H17F3N2O2/c1-14(2,3)22-13(21)20-12-9-11(15(16,17)18)6-5-10(12)7-8-19-4/h5-6,9H,7-8H2,1-3H3,(H,20,21). The number of rotatable bonds is 3. The van der Waals surface area contributed by atoms with E-state index in [1.54, 1.807) is 20.8 Å². The molecule has 0 radical (unpaired) electrons. The van der Waals surface area contributed by atoms with Gasteiger partial charge in [0.05, 0.1) is 5.56 Å². The summed E-state index contributed by atoms with van der Waals surface area (Å²) in [6.07, 6.45) is -5.11. The summed E-state index contributed by atoms with van der Waals surface area (Å²) in [5.41, 5.74) is -1.17. The first-order chi connectivity index (χ1) is 10.0. The fourth-order valence-corrected chi connectivity index (χ4v) is 1.68. The van der Waals surface area contributed by atoms with Crippen LogP contribution in [0.25, 0.3) is 4.85 Å². The Labute approximate surface area is 127 Å². The Hall–Kier alpha value is -2.23. The number of carbonyl (C=O) groups excluding carboxylic acids is 1. The largest absolute Gasteiger partial charge is 0.444 e. The minimum atomic E-state index is -4.51. The van der Waals surface area contributed by atoms with Crippen LogP contribution in [0, 0.1) is 6.57 Å². The van der Waals surface area contributed by atoms with E-state index in [-0.39, 0.29) is 18.7 Å². The second-order valence-corrected chi connectivity index (χ2v) is 5.63. The van der Waals surface area contributed by atoms with Gasteiger partial charge in [-0.25, -0.2) is 11.4 Å². The lowest BCUT2D eigenvalue weighted by Crippen LogP contribution is -2.27. The van der Waals surface area contributed by atoms with E-state index in [1.165, 1.54) is 6.07 Å². The molecule has 22 heavy (non-hydrogen) atoms. The molecule has 1 aromatic carbocycles. The summed E-state index contributed by atoms with van der Waals surface area (Å²) >= 11 is 0. The van der Waals surface area contributed by atoms with Gasteiger partial charge in [0.25, 0.3) is 0 Å². The van der Waals surface area contributed by atoms with E-state index in [2.05, 4.69) is 10.2 Å². The van der Waals surface area contributed by atoms with Crippen LogP contribution in [-0.2, 0) is 17.3 Å². The average Bonchev–Trinajstić information content (AvgIpc) is 2.33. The molecular formula is C15H17F3N2O2. The van der Waals surface area contributed by atoms with Crippen LogP contribution in [-0.4, -0.2) is 18.2 Å². The van der Waals surface area contributed by atoms with Crippen molar-refractivity contribution in [3.8, 4) is 0 Å².